The number of aliphatic hydroxyl groups is 1. The van der Waals surface area contributed by atoms with Gasteiger partial charge in [0.15, 0.2) is 0 Å². The number of alkyl carbamates (subject to hydrolysis) is 1. The molecule has 0 saturated carbocycles. The average Bonchev–Trinajstić information content (AvgIpc) is 2.45. The van der Waals surface area contributed by atoms with Crippen molar-refractivity contribution in [2.24, 2.45) is 0 Å². The van der Waals surface area contributed by atoms with Crippen molar-refractivity contribution in [2.75, 3.05) is 26.4 Å². The molecule has 0 radical (unpaired) electrons. The standard InChI is InChI=1S/C14H21NO4/c16-9-11-18-10-5-4-8-15-14(17)19-12-13-6-2-1-3-7-13/h1-3,6-7,16H,4-5,8-12H2,(H,15,17). The summed E-state index contributed by atoms with van der Waals surface area (Å²) in [5.74, 6) is 0. The van der Waals surface area contributed by atoms with Gasteiger partial charge in [0, 0.05) is 13.2 Å². The van der Waals surface area contributed by atoms with Gasteiger partial charge in [0.05, 0.1) is 13.2 Å². The fourth-order valence-corrected chi connectivity index (χ4v) is 1.46. The Hall–Kier alpha value is -1.59. The molecule has 0 aromatic heterocycles. The molecule has 0 unspecified atom stereocenters. The number of aliphatic hydroxyl groups excluding tert-OH is 1. The molecule has 0 saturated heterocycles. The van der Waals surface area contributed by atoms with Crippen LogP contribution in [-0.2, 0) is 16.1 Å². The first-order valence-corrected chi connectivity index (χ1v) is 6.46. The maximum Gasteiger partial charge on any atom is 0.407 e. The number of rotatable bonds is 9. The lowest BCUT2D eigenvalue weighted by Gasteiger charge is -2.07. The summed E-state index contributed by atoms with van der Waals surface area (Å²) in [4.78, 5) is 11.4. The zero-order valence-electron chi connectivity index (χ0n) is 11.0. The van der Waals surface area contributed by atoms with Crippen molar-refractivity contribution in [1.29, 1.82) is 0 Å². The predicted molar refractivity (Wildman–Crippen MR) is 71.8 cm³/mol. The topological polar surface area (TPSA) is 67.8 Å². The SMILES string of the molecule is O=C(NCCCCOCCO)OCc1ccccc1. The number of hydrogen-bond donors (Lipinski definition) is 2. The summed E-state index contributed by atoms with van der Waals surface area (Å²) in [5, 5.41) is 11.2. The first-order valence-electron chi connectivity index (χ1n) is 6.46. The van der Waals surface area contributed by atoms with Crippen LogP contribution in [0.2, 0.25) is 0 Å². The van der Waals surface area contributed by atoms with Gasteiger partial charge in [-0.3, -0.25) is 0 Å². The van der Waals surface area contributed by atoms with E-state index in [0.29, 0.717) is 19.8 Å². The van der Waals surface area contributed by atoms with Gasteiger partial charge in [0.2, 0.25) is 0 Å². The minimum absolute atomic E-state index is 0.0457. The van der Waals surface area contributed by atoms with E-state index in [4.69, 9.17) is 14.6 Å². The zero-order chi connectivity index (χ0) is 13.8. The second-order valence-corrected chi connectivity index (χ2v) is 4.03. The molecule has 0 atom stereocenters. The van der Waals surface area contributed by atoms with Gasteiger partial charge in [-0.1, -0.05) is 30.3 Å². The van der Waals surface area contributed by atoms with Crippen LogP contribution in [0.3, 0.4) is 0 Å². The third-order valence-electron chi connectivity index (χ3n) is 2.43. The molecule has 5 nitrogen and oxygen atoms in total. The molecule has 106 valence electrons. The Kier molecular flexibility index (Phi) is 8.42. The molecule has 2 N–H and O–H groups in total. The van der Waals surface area contributed by atoms with Crippen LogP contribution >= 0.6 is 0 Å². The number of benzene rings is 1. The van der Waals surface area contributed by atoms with Gasteiger partial charge >= 0.3 is 6.09 Å². The number of unbranched alkanes of at least 4 members (excludes halogenated alkanes) is 1. The number of carbonyl (C=O) groups is 1. The highest BCUT2D eigenvalue weighted by Gasteiger charge is 2.01. The second kappa shape index (κ2) is 10.3. The molecule has 0 bridgehead atoms. The second-order valence-electron chi connectivity index (χ2n) is 4.03. The zero-order valence-corrected chi connectivity index (χ0v) is 11.0. The first-order chi connectivity index (χ1) is 9.33. The minimum Gasteiger partial charge on any atom is -0.445 e. The molecule has 0 aliphatic heterocycles. The van der Waals surface area contributed by atoms with E-state index in [1.54, 1.807) is 0 Å². The number of hydrogen-bond acceptors (Lipinski definition) is 4. The van der Waals surface area contributed by atoms with E-state index in [2.05, 4.69) is 5.32 Å². The summed E-state index contributed by atoms with van der Waals surface area (Å²) in [6, 6.07) is 9.55. The molecule has 5 heteroatoms. The molecule has 19 heavy (non-hydrogen) atoms. The maximum atomic E-state index is 11.4. The Bertz CT molecular complexity index is 343. The highest BCUT2D eigenvalue weighted by atomic mass is 16.5. The Morgan fingerprint density at radius 3 is 2.68 bits per heavy atom. The summed E-state index contributed by atoms with van der Waals surface area (Å²) in [6.45, 7) is 1.86. The van der Waals surface area contributed by atoms with Gasteiger partial charge in [0.25, 0.3) is 0 Å². The van der Waals surface area contributed by atoms with Crippen molar-refractivity contribution in [3.05, 3.63) is 35.9 Å². The van der Waals surface area contributed by atoms with Crippen LogP contribution in [0, 0.1) is 0 Å². The summed E-state index contributed by atoms with van der Waals surface area (Å²) in [6.07, 6.45) is 1.27. The van der Waals surface area contributed by atoms with E-state index in [1.807, 2.05) is 30.3 Å². The van der Waals surface area contributed by atoms with Gasteiger partial charge in [-0.05, 0) is 18.4 Å². The van der Waals surface area contributed by atoms with Crippen molar-refractivity contribution in [3.63, 3.8) is 0 Å². The smallest absolute Gasteiger partial charge is 0.407 e. The molecule has 0 aliphatic carbocycles. The molecule has 1 amide bonds. The van der Waals surface area contributed by atoms with Crippen LogP contribution in [0.25, 0.3) is 0 Å². The molecular weight excluding hydrogens is 246 g/mol. The van der Waals surface area contributed by atoms with Crippen LogP contribution in [0.15, 0.2) is 30.3 Å². The number of ether oxygens (including phenoxy) is 2. The molecule has 1 aromatic rings. The Balaban J connectivity index is 1.96. The van der Waals surface area contributed by atoms with Crippen molar-refractivity contribution in [2.45, 2.75) is 19.4 Å². The highest BCUT2D eigenvalue weighted by Crippen LogP contribution is 2.00. The Morgan fingerprint density at radius 1 is 1.16 bits per heavy atom. The van der Waals surface area contributed by atoms with Crippen LogP contribution in [0.5, 0.6) is 0 Å². The monoisotopic (exact) mass is 267 g/mol. The molecule has 0 spiro atoms. The first kappa shape index (κ1) is 15.5. The highest BCUT2D eigenvalue weighted by molar-refractivity contribution is 5.67. The third kappa shape index (κ3) is 8.18. The average molecular weight is 267 g/mol. The van der Waals surface area contributed by atoms with Gasteiger partial charge in [-0.15, -0.1) is 0 Å². The minimum atomic E-state index is -0.403. The van der Waals surface area contributed by atoms with Crippen LogP contribution in [-0.4, -0.2) is 37.6 Å². The summed E-state index contributed by atoms with van der Waals surface area (Å²) >= 11 is 0. The normalized spacial score (nSPS) is 10.2. The van der Waals surface area contributed by atoms with Crippen molar-refractivity contribution in [3.8, 4) is 0 Å². The molecule has 0 aliphatic rings. The van der Waals surface area contributed by atoms with Crippen molar-refractivity contribution in [1.82, 2.24) is 5.32 Å². The lowest BCUT2D eigenvalue weighted by molar-refractivity contribution is 0.0896. The summed E-state index contributed by atoms with van der Waals surface area (Å²) in [5.41, 5.74) is 0.968. The molecular formula is C14H21NO4. The number of amides is 1. The molecule has 1 aromatic carbocycles. The van der Waals surface area contributed by atoms with E-state index in [9.17, 15) is 4.79 Å². The number of nitrogens with one attached hydrogen (secondary N) is 1. The predicted octanol–water partition coefficient (Wildman–Crippen LogP) is 1.70. The number of carbonyl (C=O) groups excluding carboxylic acids is 1. The van der Waals surface area contributed by atoms with Crippen molar-refractivity contribution < 1.29 is 19.4 Å². The largest absolute Gasteiger partial charge is 0.445 e. The van der Waals surface area contributed by atoms with Gasteiger partial charge in [0.1, 0.15) is 6.61 Å². The maximum absolute atomic E-state index is 11.4. The van der Waals surface area contributed by atoms with E-state index in [0.717, 1.165) is 18.4 Å². The van der Waals surface area contributed by atoms with E-state index < -0.39 is 6.09 Å². The lowest BCUT2D eigenvalue weighted by atomic mass is 10.2. The fourth-order valence-electron chi connectivity index (χ4n) is 1.46. The third-order valence-corrected chi connectivity index (χ3v) is 2.43. The van der Waals surface area contributed by atoms with Crippen LogP contribution in [0.4, 0.5) is 4.79 Å². The molecule has 1 rings (SSSR count). The lowest BCUT2D eigenvalue weighted by Crippen LogP contribution is -2.25. The van der Waals surface area contributed by atoms with Gasteiger partial charge < -0.3 is 19.9 Å². The Labute approximate surface area is 113 Å². The van der Waals surface area contributed by atoms with Crippen molar-refractivity contribution >= 4 is 6.09 Å². The fraction of sp³-hybridized carbons (Fsp3) is 0.500. The molecule has 0 fully saturated rings. The van der Waals surface area contributed by atoms with E-state index >= 15 is 0 Å². The van der Waals surface area contributed by atoms with Crippen LogP contribution < -0.4 is 5.32 Å². The summed E-state index contributed by atoms with van der Waals surface area (Å²) in [7, 11) is 0. The summed E-state index contributed by atoms with van der Waals surface area (Å²) < 4.78 is 10.2. The van der Waals surface area contributed by atoms with Crippen LogP contribution in [0.1, 0.15) is 18.4 Å². The molecule has 0 heterocycles. The van der Waals surface area contributed by atoms with Gasteiger partial charge in [-0.2, -0.15) is 0 Å². The Morgan fingerprint density at radius 2 is 1.95 bits per heavy atom. The quantitative estimate of drug-likeness (QED) is 0.668. The van der Waals surface area contributed by atoms with E-state index in [-0.39, 0.29) is 13.2 Å². The van der Waals surface area contributed by atoms with E-state index in [1.165, 1.54) is 0 Å². The van der Waals surface area contributed by atoms with Gasteiger partial charge in [-0.25, -0.2) is 4.79 Å².